The molecule has 8 heteroatoms. The molecule has 0 aliphatic carbocycles. The van der Waals surface area contributed by atoms with E-state index in [1.54, 1.807) is 18.2 Å². The topological polar surface area (TPSA) is 119 Å². The number of nitrogens with two attached hydrogens (primary N) is 1. The molecule has 0 aliphatic rings. The second-order valence-electron chi connectivity index (χ2n) is 5.80. The van der Waals surface area contributed by atoms with Crippen LogP contribution in [0.25, 0.3) is 11.0 Å². The van der Waals surface area contributed by atoms with Crippen LogP contribution in [0.4, 0.5) is 5.69 Å². The first-order chi connectivity index (χ1) is 12.8. The van der Waals surface area contributed by atoms with E-state index in [1.807, 2.05) is 6.07 Å². The minimum atomic E-state index is -3.82. The van der Waals surface area contributed by atoms with Crippen LogP contribution < -0.4 is 16.1 Å². The van der Waals surface area contributed by atoms with Gasteiger partial charge in [0.25, 0.3) is 5.91 Å². The van der Waals surface area contributed by atoms with Gasteiger partial charge in [-0.05, 0) is 42.3 Å². The van der Waals surface area contributed by atoms with E-state index < -0.39 is 21.6 Å². The SMILES string of the molecule is C=CCc1cccc2cc(C(=O)Nc3ccc(S(N)(=O)=O)cc3)c(=O)oc12. The van der Waals surface area contributed by atoms with Crippen LogP contribution in [0, 0.1) is 0 Å². The number of nitrogens with one attached hydrogen (secondary N) is 1. The van der Waals surface area contributed by atoms with Crippen LogP contribution in [0.15, 0.2) is 75.3 Å². The van der Waals surface area contributed by atoms with Crippen LogP contribution in [0.3, 0.4) is 0 Å². The zero-order valence-corrected chi connectivity index (χ0v) is 15.0. The van der Waals surface area contributed by atoms with Crippen LogP contribution in [-0.2, 0) is 16.4 Å². The number of rotatable bonds is 5. The molecule has 1 aromatic heterocycles. The van der Waals surface area contributed by atoms with Crippen molar-refractivity contribution in [2.24, 2.45) is 5.14 Å². The molecule has 0 atom stereocenters. The van der Waals surface area contributed by atoms with E-state index in [0.717, 1.165) is 5.56 Å². The third-order valence-electron chi connectivity index (χ3n) is 3.89. The molecule has 0 unspecified atom stereocenters. The zero-order valence-electron chi connectivity index (χ0n) is 14.1. The first-order valence-corrected chi connectivity index (χ1v) is 9.45. The normalized spacial score (nSPS) is 11.3. The molecule has 27 heavy (non-hydrogen) atoms. The number of fused-ring (bicyclic) bond motifs is 1. The molecular formula is C19H16N2O5S. The maximum atomic E-state index is 12.4. The Morgan fingerprint density at radius 3 is 2.52 bits per heavy atom. The lowest BCUT2D eigenvalue weighted by molar-refractivity contribution is 0.102. The number of hydrogen-bond donors (Lipinski definition) is 2. The fraction of sp³-hybridized carbons (Fsp3) is 0.0526. The first kappa shape index (κ1) is 18.6. The number of amides is 1. The number of anilines is 1. The summed E-state index contributed by atoms with van der Waals surface area (Å²) in [5, 5.41) is 8.18. The quantitative estimate of drug-likeness (QED) is 0.517. The number of sulfonamides is 1. The van der Waals surface area contributed by atoms with E-state index in [4.69, 9.17) is 9.56 Å². The minimum Gasteiger partial charge on any atom is -0.422 e. The Labute approximate surface area is 155 Å². The van der Waals surface area contributed by atoms with Crippen LogP contribution in [0.5, 0.6) is 0 Å². The lowest BCUT2D eigenvalue weighted by Crippen LogP contribution is -2.21. The van der Waals surface area contributed by atoms with Crippen molar-refractivity contribution in [3.8, 4) is 0 Å². The van der Waals surface area contributed by atoms with Crippen LogP contribution in [-0.4, -0.2) is 14.3 Å². The third kappa shape index (κ3) is 3.97. The molecule has 0 saturated heterocycles. The van der Waals surface area contributed by atoms with E-state index in [9.17, 15) is 18.0 Å². The molecule has 3 rings (SSSR count). The van der Waals surface area contributed by atoms with Crippen molar-refractivity contribution in [3.05, 3.63) is 82.7 Å². The summed E-state index contributed by atoms with van der Waals surface area (Å²) < 4.78 is 27.9. The van der Waals surface area contributed by atoms with E-state index in [0.29, 0.717) is 23.1 Å². The van der Waals surface area contributed by atoms with E-state index in [2.05, 4.69) is 11.9 Å². The summed E-state index contributed by atoms with van der Waals surface area (Å²) in [7, 11) is -3.82. The number of hydrogen-bond acceptors (Lipinski definition) is 5. The fourth-order valence-electron chi connectivity index (χ4n) is 2.61. The van der Waals surface area contributed by atoms with Crippen molar-refractivity contribution < 1.29 is 17.6 Å². The van der Waals surface area contributed by atoms with Crippen LogP contribution in [0.1, 0.15) is 15.9 Å². The average molecular weight is 384 g/mol. The number of carbonyl (C=O) groups excluding carboxylic acids is 1. The van der Waals surface area contributed by atoms with Crippen molar-refractivity contribution in [2.75, 3.05) is 5.32 Å². The summed E-state index contributed by atoms with van der Waals surface area (Å²) in [5.41, 5.74) is 0.598. The van der Waals surface area contributed by atoms with Crippen molar-refractivity contribution in [3.63, 3.8) is 0 Å². The highest BCUT2D eigenvalue weighted by molar-refractivity contribution is 7.89. The number of benzene rings is 2. The Bertz CT molecular complexity index is 1190. The predicted molar refractivity (Wildman–Crippen MR) is 102 cm³/mol. The molecular weight excluding hydrogens is 368 g/mol. The van der Waals surface area contributed by atoms with Gasteiger partial charge in [0.15, 0.2) is 0 Å². The van der Waals surface area contributed by atoms with Gasteiger partial charge >= 0.3 is 5.63 Å². The Hall–Kier alpha value is -3.23. The molecule has 1 amide bonds. The minimum absolute atomic E-state index is 0.0829. The smallest absolute Gasteiger partial charge is 0.349 e. The number of primary sulfonamides is 1. The molecule has 3 N–H and O–H groups in total. The first-order valence-electron chi connectivity index (χ1n) is 7.90. The van der Waals surface area contributed by atoms with Gasteiger partial charge in [0, 0.05) is 11.1 Å². The highest BCUT2D eigenvalue weighted by Crippen LogP contribution is 2.20. The van der Waals surface area contributed by atoms with Gasteiger partial charge in [0.05, 0.1) is 4.90 Å². The fourth-order valence-corrected chi connectivity index (χ4v) is 3.12. The lowest BCUT2D eigenvalue weighted by atomic mass is 10.1. The summed E-state index contributed by atoms with van der Waals surface area (Å²) in [6.45, 7) is 3.67. The molecule has 138 valence electrons. The van der Waals surface area contributed by atoms with Gasteiger partial charge < -0.3 is 9.73 Å². The number of para-hydroxylation sites is 1. The second kappa shape index (κ2) is 7.18. The molecule has 0 aliphatic heterocycles. The molecule has 0 bridgehead atoms. The molecule has 0 saturated carbocycles. The summed E-state index contributed by atoms with van der Waals surface area (Å²) >= 11 is 0. The Balaban J connectivity index is 1.93. The zero-order chi connectivity index (χ0) is 19.6. The molecule has 3 aromatic rings. The molecule has 1 heterocycles. The van der Waals surface area contributed by atoms with Crippen LogP contribution in [0.2, 0.25) is 0 Å². The lowest BCUT2D eigenvalue weighted by Gasteiger charge is -2.07. The maximum absolute atomic E-state index is 12.4. The van der Waals surface area contributed by atoms with Gasteiger partial charge in [-0.3, -0.25) is 4.79 Å². The summed E-state index contributed by atoms with van der Waals surface area (Å²) in [5.74, 6) is -0.664. The summed E-state index contributed by atoms with van der Waals surface area (Å²) in [4.78, 5) is 24.6. The largest absolute Gasteiger partial charge is 0.422 e. The molecule has 2 aromatic carbocycles. The van der Waals surface area contributed by atoms with Gasteiger partial charge in [-0.15, -0.1) is 6.58 Å². The van der Waals surface area contributed by atoms with Gasteiger partial charge in [0.1, 0.15) is 11.1 Å². The van der Waals surface area contributed by atoms with Gasteiger partial charge in [-0.2, -0.15) is 0 Å². The summed E-state index contributed by atoms with van der Waals surface area (Å²) in [6.07, 6.45) is 2.23. The molecule has 7 nitrogen and oxygen atoms in total. The van der Waals surface area contributed by atoms with Crippen LogP contribution >= 0.6 is 0 Å². The highest BCUT2D eigenvalue weighted by Gasteiger charge is 2.16. The van der Waals surface area contributed by atoms with Crippen molar-refractivity contribution in [1.29, 1.82) is 0 Å². The van der Waals surface area contributed by atoms with E-state index in [1.165, 1.54) is 30.3 Å². The van der Waals surface area contributed by atoms with E-state index in [-0.39, 0.29) is 10.5 Å². The standard InChI is InChI=1S/C19H16N2O5S/c1-2-4-12-5-3-6-13-11-16(19(23)26-17(12)13)18(22)21-14-7-9-15(10-8-14)27(20,24)25/h2-3,5-11H,1,4H2,(H,21,22)(H2,20,24,25). The Morgan fingerprint density at radius 1 is 1.19 bits per heavy atom. The van der Waals surface area contributed by atoms with Crippen molar-refractivity contribution >= 4 is 32.6 Å². The van der Waals surface area contributed by atoms with E-state index >= 15 is 0 Å². The van der Waals surface area contributed by atoms with Gasteiger partial charge in [-0.1, -0.05) is 24.3 Å². The van der Waals surface area contributed by atoms with Crippen molar-refractivity contribution in [1.82, 2.24) is 0 Å². The predicted octanol–water partition coefficient (Wildman–Crippen LogP) is 2.42. The summed E-state index contributed by atoms with van der Waals surface area (Å²) in [6, 6.07) is 12.1. The number of allylic oxidation sites excluding steroid dienone is 1. The monoisotopic (exact) mass is 384 g/mol. The molecule has 0 radical (unpaired) electrons. The highest BCUT2D eigenvalue weighted by atomic mass is 32.2. The number of carbonyl (C=O) groups is 1. The molecule has 0 spiro atoms. The average Bonchev–Trinajstić information content (AvgIpc) is 2.61. The maximum Gasteiger partial charge on any atom is 0.349 e. The van der Waals surface area contributed by atoms with Gasteiger partial charge in [0.2, 0.25) is 10.0 Å². The molecule has 0 fully saturated rings. The van der Waals surface area contributed by atoms with Gasteiger partial charge in [-0.25, -0.2) is 18.4 Å². The van der Waals surface area contributed by atoms with Crippen molar-refractivity contribution in [2.45, 2.75) is 11.3 Å². The Morgan fingerprint density at radius 2 is 1.89 bits per heavy atom. The second-order valence-corrected chi connectivity index (χ2v) is 7.36. The Kier molecular flexibility index (Phi) is 4.93. The third-order valence-corrected chi connectivity index (χ3v) is 4.82.